The predicted octanol–water partition coefficient (Wildman–Crippen LogP) is 2.01. The summed E-state index contributed by atoms with van der Waals surface area (Å²) in [6, 6.07) is 0. The maximum Gasteiger partial charge on any atom is 2.00 e. The third-order valence-electron chi connectivity index (χ3n) is 0.577. The van der Waals surface area contributed by atoms with Crippen molar-refractivity contribution in [2.45, 2.75) is 26.7 Å². The van der Waals surface area contributed by atoms with Gasteiger partial charge in [-0.3, -0.25) is 0 Å². The average molecular weight is 255 g/mol. The fourth-order valence-electron chi connectivity index (χ4n) is 0.289. The van der Waals surface area contributed by atoms with Crippen molar-refractivity contribution >= 4 is 0 Å². The summed E-state index contributed by atoms with van der Waals surface area (Å²) in [6.07, 6.45) is 4.73. The first-order valence-corrected chi connectivity index (χ1v) is 2.19. The Bertz CT molecular complexity index is 11.4. The normalized spacial score (nSPS) is 7.00. The van der Waals surface area contributed by atoms with Crippen LogP contribution in [0.4, 0.5) is 0 Å². The van der Waals surface area contributed by atoms with E-state index in [0.717, 1.165) is 0 Å². The van der Waals surface area contributed by atoms with E-state index in [4.69, 9.17) is 0 Å². The van der Waals surface area contributed by atoms with Gasteiger partial charge in [0.25, 0.3) is 0 Å². The third-order valence-corrected chi connectivity index (χ3v) is 0.577. The van der Waals surface area contributed by atoms with E-state index in [-0.39, 0.29) is 21.1 Å². The zero-order valence-electron chi connectivity index (χ0n) is 4.40. The van der Waals surface area contributed by atoms with Crippen molar-refractivity contribution in [1.82, 2.24) is 0 Å². The van der Waals surface area contributed by atoms with Crippen molar-refractivity contribution in [3.63, 3.8) is 0 Å². The largest absolute Gasteiger partial charge is 2.00 e. The third kappa shape index (κ3) is 8.82. The van der Waals surface area contributed by atoms with Gasteiger partial charge < -0.3 is 6.42 Å². The van der Waals surface area contributed by atoms with Crippen LogP contribution in [-0.2, 0) is 21.1 Å². The van der Waals surface area contributed by atoms with Gasteiger partial charge in [-0.05, 0) is 0 Å². The molecule has 0 amide bonds. The second-order valence-corrected chi connectivity index (χ2v) is 1.20. The second-order valence-electron chi connectivity index (χ2n) is 1.20. The Morgan fingerprint density at radius 1 is 1.50 bits per heavy atom. The molecule has 0 radical (unpaired) electrons. The first-order valence-electron chi connectivity index (χ1n) is 2.19. The van der Waals surface area contributed by atoms with Crippen LogP contribution in [0.5, 0.6) is 0 Å². The van der Waals surface area contributed by atoms with Gasteiger partial charge in [-0.1, -0.05) is 13.3 Å². The molecular formula is C5H11W+. The summed E-state index contributed by atoms with van der Waals surface area (Å²) in [7, 11) is 0. The molecule has 0 aliphatic heterocycles. The van der Waals surface area contributed by atoms with Crippen LogP contribution in [0.1, 0.15) is 26.7 Å². The monoisotopic (exact) mass is 255 g/mol. The van der Waals surface area contributed by atoms with Gasteiger partial charge in [-0.2, -0.15) is 13.3 Å². The molecule has 0 atom stereocenters. The van der Waals surface area contributed by atoms with E-state index in [1.165, 1.54) is 12.8 Å². The van der Waals surface area contributed by atoms with Crippen molar-refractivity contribution in [2.24, 2.45) is 0 Å². The van der Waals surface area contributed by atoms with Crippen LogP contribution in [0.15, 0.2) is 0 Å². The molecule has 0 aliphatic carbocycles. The molecule has 36 valence electrons. The van der Waals surface area contributed by atoms with Gasteiger partial charge in [0.2, 0.25) is 0 Å². The fourth-order valence-corrected chi connectivity index (χ4v) is 0.289. The van der Waals surface area contributed by atoms with E-state index in [0.29, 0.717) is 0 Å². The van der Waals surface area contributed by atoms with Crippen LogP contribution in [0, 0.1) is 6.42 Å². The molecule has 6 heavy (non-hydrogen) atoms. The SMILES string of the molecule is C[CH-]CCC.[W+2]. The minimum atomic E-state index is 0. The number of hydrogen-bond acceptors (Lipinski definition) is 0. The molecule has 0 fully saturated rings. The van der Waals surface area contributed by atoms with Crippen molar-refractivity contribution in [2.75, 3.05) is 0 Å². The van der Waals surface area contributed by atoms with E-state index in [1.54, 1.807) is 0 Å². The Morgan fingerprint density at radius 2 is 2.00 bits per heavy atom. The first-order chi connectivity index (χ1) is 2.41. The summed E-state index contributed by atoms with van der Waals surface area (Å²) in [4.78, 5) is 0. The molecule has 0 nitrogen and oxygen atoms in total. The summed E-state index contributed by atoms with van der Waals surface area (Å²) in [5, 5.41) is 0. The summed E-state index contributed by atoms with van der Waals surface area (Å²) in [5.74, 6) is 0. The smallest absolute Gasteiger partial charge is 0.332 e. The van der Waals surface area contributed by atoms with Gasteiger partial charge in [0.1, 0.15) is 0 Å². The molecule has 1 heteroatoms. The summed E-state index contributed by atoms with van der Waals surface area (Å²) < 4.78 is 0. The molecule has 0 spiro atoms. The predicted molar refractivity (Wildman–Crippen MR) is 24.9 cm³/mol. The van der Waals surface area contributed by atoms with Gasteiger partial charge in [0.15, 0.2) is 0 Å². The zero-order valence-corrected chi connectivity index (χ0v) is 7.33. The van der Waals surface area contributed by atoms with Crippen LogP contribution < -0.4 is 0 Å². The van der Waals surface area contributed by atoms with Crippen molar-refractivity contribution in [1.29, 1.82) is 0 Å². The number of rotatable bonds is 2. The summed E-state index contributed by atoms with van der Waals surface area (Å²) in [5.41, 5.74) is 0. The summed E-state index contributed by atoms with van der Waals surface area (Å²) in [6.45, 7) is 4.27. The van der Waals surface area contributed by atoms with Gasteiger partial charge in [-0.15, -0.1) is 0 Å². The van der Waals surface area contributed by atoms with E-state index in [1.807, 2.05) is 0 Å². The van der Waals surface area contributed by atoms with Gasteiger partial charge in [0.05, 0.1) is 0 Å². The van der Waals surface area contributed by atoms with Crippen molar-refractivity contribution in [3.8, 4) is 0 Å². The maximum atomic E-state index is 2.18. The zero-order chi connectivity index (χ0) is 4.12. The van der Waals surface area contributed by atoms with E-state index >= 15 is 0 Å². The Hall–Kier alpha value is 0.688. The fraction of sp³-hybridized carbons (Fsp3) is 0.800. The van der Waals surface area contributed by atoms with E-state index in [2.05, 4.69) is 20.3 Å². The van der Waals surface area contributed by atoms with Crippen LogP contribution >= 0.6 is 0 Å². The second kappa shape index (κ2) is 9.19. The molecule has 0 N–H and O–H groups in total. The molecule has 0 aromatic rings. The summed E-state index contributed by atoms with van der Waals surface area (Å²) >= 11 is 0. The standard InChI is InChI=1S/C5H11.W/c1-3-5-4-2;/h3H,4-5H2,1-2H3;/q-1;+2. The Kier molecular flexibility index (Phi) is 15.1. The molecule has 0 aromatic heterocycles. The van der Waals surface area contributed by atoms with Crippen LogP contribution in [0.3, 0.4) is 0 Å². The number of hydrogen-bond donors (Lipinski definition) is 0. The molecule has 0 aromatic carbocycles. The Balaban J connectivity index is 0. The van der Waals surface area contributed by atoms with Gasteiger partial charge in [-0.25, -0.2) is 0 Å². The minimum absolute atomic E-state index is 0. The number of unbranched alkanes of at least 4 members (excludes halogenated alkanes) is 2. The van der Waals surface area contributed by atoms with Crippen molar-refractivity contribution < 1.29 is 21.1 Å². The molecule has 0 aliphatic rings. The Morgan fingerprint density at radius 3 is 2.00 bits per heavy atom. The van der Waals surface area contributed by atoms with Crippen LogP contribution in [-0.4, -0.2) is 0 Å². The quantitative estimate of drug-likeness (QED) is 0.662. The molecule has 0 heterocycles. The topological polar surface area (TPSA) is 0 Å². The van der Waals surface area contributed by atoms with Gasteiger partial charge >= 0.3 is 21.1 Å². The minimum Gasteiger partial charge on any atom is -0.332 e. The Labute approximate surface area is 54.6 Å². The maximum absolute atomic E-state index is 2.18. The van der Waals surface area contributed by atoms with E-state index in [9.17, 15) is 0 Å². The molecule has 0 rings (SSSR count). The average Bonchev–Trinajstić information content (AvgIpc) is 1.41. The van der Waals surface area contributed by atoms with Crippen LogP contribution in [0.2, 0.25) is 0 Å². The first kappa shape index (κ1) is 9.85. The molecule has 0 saturated heterocycles. The van der Waals surface area contributed by atoms with Gasteiger partial charge in [0, 0.05) is 0 Å². The van der Waals surface area contributed by atoms with Crippen LogP contribution in [0.25, 0.3) is 0 Å². The molecule has 0 unspecified atom stereocenters. The van der Waals surface area contributed by atoms with E-state index < -0.39 is 0 Å². The molecule has 0 bridgehead atoms. The molecule has 0 saturated carbocycles. The molecular weight excluding hydrogens is 244 g/mol. The van der Waals surface area contributed by atoms with Crippen molar-refractivity contribution in [3.05, 3.63) is 6.42 Å².